The van der Waals surface area contributed by atoms with Crippen molar-refractivity contribution in [1.29, 1.82) is 0 Å². The zero-order chi connectivity index (χ0) is 24.2. The molecule has 8 heteroatoms. The zero-order valence-corrected chi connectivity index (χ0v) is 21.2. The minimum Gasteiger partial charge on any atom is -0.298 e. The second kappa shape index (κ2) is 8.22. The minimum atomic E-state index is 0.925. The molecule has 0 aliphatic heterocycles. The lowest BCUT2D eigenvalue weighted by atomic mass is 10.0. The molecule has 0 unspecified atom stereocenters. The average Bonchev–Trinajstić information content (AvgIpc) is 3.70. The van der Waals surface area contributed by atoms with Crippen LogP contribution >= 0.6 is 22.7 Å². The van der Waals surface area contributed by atoms with Gasteiger partial charge in [-0.2, -0.15) is 0 Å². The fraction of sp³-hybridized carbons (Fsp3) is 0.0714. The Morgan fingerprint density at radius 2 is 1.11 bits per heavy atom. The predicted octanol–water partition coefficient (Wildman–Crippen LogP) is 7.23. The van der Waals surface area contributed by atoms with Crippen molar-refractivity contribution in [3.63, 3.8) is 0 Å². The van der Waals surface area contributed by atoms with Crippen LogP contribution in [0, 0.1) is 13.8 Å². The first kappa shape index (κ1) is 21.2. The van der Waals surface area contributed by atoms with Crippen LogP contribution in [0.15, 0.2) is 86.2 Å². The number of rotatable bonds is 4. The van der Waals surface area contributed by atoms with Crippen LogP contribution in [-0.2, 0) is 0 Å². The maximum Gasteiger partial charge on any atom is 0.101 e. The Morgan fingerprint density at radius 3 is 1.53 bits per heavy atom. The van der Waals surface area contributed by atoms with E-state index in [0.717, 1.165) is 42.9 Å². The van der Waals surface area contributed by atoms with E-state index in [1.807, 2.05) is 46.6 Å². The lowest BCUT2D eigenvalue weighted by molar-refractivity contribution is 1.08. The van der Waals surface area contributed by atoms with Gasteiger partial charge in [0.15, 0.2) is 0 Å². The summed E-state index contributed by atoms with van der Waals surface area (Å²) in [6.07, 6.45) is 15.1. The smallest absolute Gasteiger partial charge is 0.101 e. The molecule has 7 aromatic rings. The van der Waals surface area contributed by atoms with E-state index in [9.17, 15) is 0 Å². The van der Waals surface area contributed by atoms with Crippen LogP contribution in [0.1, 0.15) is 11.1 Å². The van der Waals surface area contributed by atoms with Crippen LogP contribution < -0.4 is 0 Å². The third-order valence-electron chi connectivity index (χ3n) is 6.35. The molecule has 0 aliphatic carbocycles. The molecule has 0 saturated carbocycles. The highest BCUT2D eigenvalue weighted by Gasteiger charge is 2.14. The van der Waals surface area contributed by atoms with E-state index in [4.69, 9.17) is 9.97 Å². The molecule has 6 heterocycles. The number of aryl methyl sites for hydroxylation is 2. The number of fused-ring (bicyclic) bond motifs is 3. The molecule has 0 atom stereocenters. The van der Waals surface area contributed by atoms with E-state index in [-0.39, 0.29) is 0 Å². The molecule has 0 saturated heterocycles. The van der Waals surface area contributed by atoms with E-state index >= 15 is 0 Å². The normalized spacial score (nSPS) is 11.6. The van der Waals surface area contributed by atoms with Crippen molar-refractivity contribution >= 4 is 44.5 Å². The first-order valence-corrected chi connectivity index (χ1v) is 13.1. The summed E-state index contributed by atoms with van der Waals surface area (Å²) in [5.41, 5.74) is 6.55. The average molecular weight is 505 g/mol. The van der Waals surface area contributed by atoms with E-state index in [0.29, 0.717) is 0 Å². The monoisotopic (exact) mass is 504 g/mol. The van der Waals surface area contributed by atoms with Gasteiger partial charge in [0.2, 0.25) is 0 Å². The first-order valence-electron chi connectivity index (χ1n) is 11.5. The van der Waals surface area contributed by atoms with Crippen molar-refractivity contribution < 1.29 is 0 Å². The number of pyridine rings is 2. The number of thiophene rings is 2. The molecule has 7 rings (SSSR count). The Balaban J connectivity index is 1.28. The number of nitrogens with zero attached hydrogens (tertiary/aromatic N) is 6. The summed E-state index contributed by atoms with van der Waals surface area (Å²) in [5.74, 6) is 0. The number of benzene rings is 1. The molecule has 0 amide bonds. The second-order valence-electron chi connectivity index (χ2n) is 8.79. The predicted molar refractivity (Wildman–Crippen MR) is 147 cm³/mol. The van der Waals surface area contributed by atoms with Gasteiger partial charge >= 0.3 is 0 Å². The number of hydrogen-bond acceptors (Lipinski definition) is 6. The fourth-order valence-electron chi connectivity index (χ4n) is 4.58. The first-order chi connectivity index (χ1) is 17.6. The van der Waals surface area contributed by atoms with Gasteiger partial charge in [-0.1, -0.05) is 12.1 Å². The highest BCUT2D eigenvalue weighted by molar-refractivity contribution is 7.18. The van der Waals surface area contributed by atoms with E-state index in [1.165, 1.54) is 20.9 Å². The van der Waals surface area contributed by atoms with Crippen LogP contribution in [0.2, 0.25) is 0 Å². The van der Waals surface area contributed by atoms with Gasteiger partial charge in [0, 0.05) is 68.8 Å². The van der Waals surface area contributed by atoms with Crippen LogP contribution in [-0.4, -0.2) is 29.1 Å². The molecule has 0 aliphatic rings. The molecule has 0 spiro atoms. The highest BCUT2D eigenvalue weighted by Crippen LogP contribution is 2.38. The maximum absolute atomic E-state index is 4.87. The van der Waals surface area contributed by atoms with Gasteiger partial charge in [0.05, 0.1) is 23.7 Å². The summed E-state index contributed by atoms with van der Waals surface area (Å²) in [4.78, 5) is 20.5. The zero-order valence-electron chi connectivity index (χ0n) is 19.6. The van der Waals surface area contributed by atoms with Gasteiger partial charge in [0.25, 0.3) is 0 Å². The molecule has 0 radical (unpaired) electrons. The molecule has 174 valence electrons. The number of hydrogen-bond donors (Lipinski definition) is 0. The van der Waals surface area contributed by atoms with Gasteiger partial charge in [0.1, 0.15) is 10.0 Å². The topological polar surface area (TPSA) is 61.4 Å². The van der Waals surface area contributed by atoms with Crippen LogP contribution in [0.5, 0.6) is 0 Å². The van der Waals surface area contributed by atoms with E-state index in [2.05, 4.69) is 60.2 Å². The van der Waals surface area contributed by atoms with Crippen molar-refractivity contribution in [1.82, 2.24) is 29.1 Å². The van der Waals surface area contributed by atoms with Crippen LogP contribution in [0.4, 0.5) is 0 Å². The van der Waals surface area contributed by atoms with Crippen molar-refractivity contribution in [2.75, 3.05) is 0 Å². The summed E-state index contributed by atoms with van der Waals surface area (Å²) in [5, 5.41) is 4.47. The molecule has 0 fully saturated rings. The summed E-state index contributed by atoms with van der Waals surface area (Å²) < 4.78 is 4.08. The largest absolute Gasteiger partial charge is 0.298 e. The molecule has 6 aromatic heterocycles. The summed E-state index contributed by atoms with van der Waals surface area (Å²) in [6.45, 7) is 4.29. The molecule has 0 N–H and O–H groups in total. The lowest BCUT2D eigenvalue weighted by Crippen LogP contribution is -1.88. The van der Waals surface area contributed by atoms with Crippen molar-refractivity contribution in [3.8, 4) is 30.9 Å². The SMILES string of the molecule is Cc1cc(-n2ccnc2)sc1-c1cnc2c(ccc3cc(-c4sc(-n5ccnc5)cc4C)cnc32)c1. The van der Waals surface area contributed by atoms with E-state index < -0.39 is 0 Å². The van der Waals surface area contributed by atoms with E-state index in [1.54, 1.807) is 35.1 Å². The van der Waals surface area contributed by atoms with Gasteiger partial charge < -0.3 is 0 Å². The molecule has 0 bridgehead atoms. The summed E-state index contributed by atoms with van der Waals surface area (Å²) in [6, 6.07) is 13.1. The van der Waals surface area contributed by atoms with Crippen molar-refractivity contribution in [3.05, 3.63) is 97.4 Å². The highest BCUT2D eigenvalue weighted by atomic mass is 32.1. The molecule has 6 nitrogen and oxygen atoms in total. The minimum absolute atomic E-state index is 0.925. The van der Waals surface area contributed by atoms with Gasteiger partial charge in [-0.3, -0.25) is 19.1 Å². The Labute approximate surface area is 215 Å². The third kappa shape index (κ3) is 3.45. The number of aromatic nitrogens is 6. The maximum atomic E-state index is 4.87. The number of imidazole rings is 2. The molecule has 1 aromatic carbocycles. The van der Waals surface area contributed by atoms with Gasteiger partial charge in [-0.05, 0) is 49.2 Å². The second-order valence-corrected chi connectivity index (χ2v) is 10.9. The molecular weight excluding hydrogens is 484 g/mol. The molecule has 36 heavy (non-hydrogen) atoms. The summed E-state index contributed by atoms with van der Waals surface area (Å²) in [7, 11) is 0. The Morgan fingerprint density at radius 1 is 0.639 bits per heavy atom. The third-order valence-corrected chi connectivity index (χ3v) is 8.95. The quantitative estimate of drug-likeness (QED) is 0.237. The van der Waals surface area contributed by atoms with Gasteiger partial charge in [-0.25, -0.2) is 9.97 Å². The van der Waals surface area contributed by atoms with Crippen molar-refractivity contribution in [2.45, 2.75) is 13.8 Å². The Bertz CT molecular complexity index is 1720. The summed E-state index contributed by atoms with van der Waals surface area (Å²) >= 11 is 3.49. The van der Waals surface area contributed by atoms with Crippen LogP contribution in [0.25, 0.3) is 52.7 Å². The van der Waals surface area contributed by atoms with Gasteiger partial charge in [-0.15, -0.1) is 22.7 Å². The lowest BCUT2D eigenvalue weighted by Gasteiger charge is -2.07. The van der Waals surface area contributed by atoms with Crippen molar-refractivity contribution in [2.24, 2.45) is 0 Å². The van der Waals surface area contributed by atoms with Crippen LogP contribution in [0.3, 0.4) is 0 Å². The standard InChI is InChI=1S/C28H20N6S2/c1-17-9-23(33-7-5-29-15-33)35-27(17)21-11-19-3-4-20-12-22(14-32-26(20)25(19)31-13-21)28-18(2)10-24(36-28)34-8-6-30-16-34/h3-16H,1-2H3. The Hall–Kier alpha value is -4.14. The fourth-order valence-corrected chi connectivity index (χ4v) is 6.79. The Kier molecular flexibility index (Phi) is 4.83. The molecular formula is C28H20N6S2.